The molecule has 17 heteroatoms. The molecule has 3 N–H and O–H groups in total. The molecule has 0 aliphatic carbocycles. The summed E-state index contributed by atoms with van der Waals surface area (Å²) in [4.78, 5) is 4.16. The fourth-order valence-corrected chi connectivity index (χ4v) is 8.93. The second-order valence-corrected chi connectivity index (χ2v) is 19.7. The van der Waals surface area contributed by atoms with Crippen molar-refractivity contribution in [2.24, 2.45) is 29.4 Å². The minimum Gasteiger partial charge on any atom is -0.341 e. The van der Waals surface area contributed by atoms with Gasteiger partial charge in [-0.2, -0.15) is 25.3 Å². The smallest absolute Gasteiger partial charge is 0.295 e. The highest BCUT2D eigenvalue weighted by Crippen LogP contribution is 2.35. The van der Waals surface area contributed by atoms with E-state index in [4.69, 9.17) is 0 Å². The highest BCUT2D eigenvalue weighted by molar-refractivity contribution is 7.92. The monoisotopic (exact) mass is 721 g/mol. The van der Waals surface area contributed by atoms with Gasteiger partial charge in [0, 0.05) is 28.6 Å². The van der Waals surface area contributed by atoms with E-state index in [2.05, 4.69) is 34.1 Å². The summed E-state index contributed by atoms with van der Waals surface area (Å²) in [6, 6.07) is 10.2. The molecule has 0 unspecified atom stereocenters. The molecular formula is C30H39N7O6S4. The molecule has 0 spiro atoms. The van der Waals surface area contributed by atoms with E-state index in [1.165, 1.54) is 17.5 Å². The number of sulfonamides is 3. The molecule has 2 aromatic heterocycles. The Morgan fingerprint density at radius 2 is 1.00 bits per heavy atom. The van der Waals surface area contributed by atoms with Crippen LogP contribution in [0.3, 0.4) is 0 Å². The SMILES string of the molecule is CC(C)(C)C1=NS(=O)(=O)c2ccccc2N1.CC(C)(C)C1=NS(=O)(=O)c2cnccc2N1.CC(C)(C)C1=NS(=O)(=O)c2sccc2N1. The number of hydrogen-bond donors (Lipinski definition) is 3. The van der Waals surface area contributed by atoms with Crippen LogP contribution in [0.25, 0.3) is 0 Å². The van der Waals surface area contributed by atoms with Crippen molar-refractivity contribution in [3.63, 3.8) is 0 Å². The van der Waals surface area contributed by atoms with Crippen LogP contribution in [-0.2, 0) is 30.1 Å². The molecule has 3 aromatic rings. The number of hydrogen-bond acceptors (Lipinski definition) is 11. The Bertz CT molecular complexity index is 2010. The molecule has 0 atom stereocenters. The highest BCUT2D eigenvalue weighted by atomic mass is 32.2. The van der Waals surface area contributed by atoms with Crippen molar-refractivity contribution >= 4 is 76.0 Å². The predicted molar refractivity (Wildman–Crippen MR) is 188 cm³/mol. The number of anilines is 3. The van der Waals surface area contributed by atoms with Gasteiger partial charge in [-0.1, -0.05) is 74.4 Å². The average Bonchev–Trinajstić information content (AvgIpc) is 3.42. The zero-order valence-corrected chi connectivity index (χ0v) is 30.8. The van der Waals surface area contributed by atoms with Gasteiger partial charge in [-0.15, -0.1) is 24.5 Å². The molecule has 0 radical (unpaired) electrons. The topological polar surface area (TPSA) is 188 Å². The van der Waals surface area contributed by atoms with Gasteiger partial charge in [0.2, 0.25) is 0 Å². The molecule has 13 nitrogen and oxygen atoms in total. The van der Waals surface area contributed by atoms with Gasteiger partial charge in [-0.05, 0) is 29.6 Å². The minimum absolute atomic E-state index is 0.128. The van der Waals surface area contributed by atoms with Gasteiger partial charge in [-0.3, -0.25) is 4.98 Å². The molecular weight excluding hydrogens is 683 g/mol. The molecule has 3 aliphatic heterocycles. The standard InChI is InChI=1S/C11H14N2O2S.C10H13N3O2S.C9H12N2O2S2/c1-11(2,3)10-12-8-6-4-5-7-9(8)16(14,15)13-10;1-10(2,3)9-12-7-4-5-11-6-8(7)16(14,15)13-9;1-9(2,3)8-10-6-4-5-14-7(6)15(12,13)11-8/h4-7H,1-3H3,(H,12,13);4-6H,1-3H3,(H,12,13);4-5H,1-3H3,(H,10,11). The van der Waals surface area contributed by atoms with Crippen molar-refractivity contribution in [3.8, 4) is 0 Å². The molecule has 0 fully saturated rings. The summed E-state index contributed by atoms with van der Waals surface area (Å²) in [5, 5.41) is 10.9. The van der Waals surface area contributed by atoms with Gasteiger partial charge in [-0.25, -0.2) is 0 Å². The molecule has 0 bridgehead atoms. The van der Waals surface area contributed by atoms with E-state index in [0.29, 0.717) is 38.8 Å². The van der Waals surface area contributed by atoms with E-state index in [0.717, 1.165) is 0 Å². The van der Waals surface area contributed by atoms with Crippen LogP contribution in [0.1, 0.15) is 62.3 Å². The number of para-hydroxylation sites is 1. The van der Waals surface area contributed by atoms with E-state index in [1.54, 1.807) is 48.0 Å². The van der Waals surface area contributed by atoms with Crippen molar-refractivity contribution < 1.29 is 25.3 Å². The molecule has 47 heavy (non-hydrogen) atoms. The third-order valence-corrected chi connectivity index (χ3v) is 12.0. The summed E-state index contributed by atoms with van der Waals surface area (Å²) < 4.78 is 82.7. The lowest BCUT2D eigenvalue weighted by Gasteiger charge is -2.26. The second kappa shape index (κ2) is 12.4. The van der Waals surface area contributed by atoms with Gasteiger partial charge in [0.25, 0.3) is 30.1 Å². The molecule has 0 amide bonds. The molecule has 3 aliphatic rings. The van der Waals surface area contributed by atoms with Gasteiger partial charge < -0.3 is 16.0 Å². The quantitative estimate of drug-likeness (QED) is 0.241. The molecule has 5 heterocycles. The van der Waals surface area contributed by atoms with Crippen LogP contribution in [-0.4, -0.2) is 47.7 Å². The van der Waals surface area contributed by atoms with E-state index in [-0.39, 0.29) is 26.0 Å². The highest BCUT2D eigenvalue weighted by Gasteiger charge is 2.33. The summed E-state index contributed by atoms with van der Waals surface area (Å²) in [7, 11) is -10.6. The third kappa shape index (κ3) is 8.25. The normalized spacial score (nSPS) is 18.5. The number of pyridine rings is 1. The summed E-state index contributed by atoms with van der Waals surface area (Å²) >= 11 is 1.19. The van der Waals surface area contributed by atoms with E-state index in [9.17, 15) is 25.3 Å². The number of thiophene rings is 1. The van der Waals surface area contributed by atoms with Gasteiger partial charge in [0.15, 0.2) is 4.21 Å². The van der Waals surface area contributed by atoms with E-state index >= 15 is 0 Å². The third-order valence-electron chi connectivity index (χ3n) is 6.62. The average molecular weight is 722 g/mol. The van der Waals surface area contributed by atoms with Crippen LogP contribution in [0.5, 0.6) is 0 Å². The summed E-state index contributed by atoms with van der Waals surface area (Å²) in [5.74, 6) is 1.42. The van der Waals surface area contributed by atoms with Crippen LogP contribution < -0.4 is 16.0 Å². The molecule has 254 valence electrons. The first-order chi connectivity index (χ1) is 21.4. The summed E-state index contributed by atoms with van der Waals surface area (Å²) in [5.41, 5.74) is 0.818. The van der Waals surface area contributed by atoms with Crippen molar-refractivity contribution in [3.05, 3.63) is 54.2 Å². The maximum absolute atomic E-state index is 11.9. The van der Waals surface area contributed by atoms with Gasteiger partial charge in [0.05, 0.1) is 17.1 Å². The number of benzene rings is 1. The Morgan fingerprint density at radius 3 is 1.53 bits per heavy atom. The fourth-order valence-electron chi connectivity index (χ4n) is 4.00. The largest absolute Gasteiger partial charge is 0.341 e. The minimum atomic E-state index is -3.61. The number of amidine groups is 3. The van der Waals surface area contributed by atoms with Crippen LogP contribution >= 0.6 is 11.3 Å². The molecule has 6 rings (SSSR count). The summed E-state index contributed by atoms with van der Waals surface area (Å²) in [6.07, 6.45) is 2.85. The fraction of sp³-hybridized carbons (Fsp3) is 0.400. The number of rotatable bonds is 0. The molecule has 0 saturated carbocycles. The van der Waals surface area contributed by atoms with Crippen molar-refractivity contribution in [1.29, 1.82) is 0 Å². The zero-order chi connectivity index (χ0) is 35.2. The van der Waals surface area contributed by atoms with Crippen LogP contribution in [0.15, 0.2) is 81.4 Å². The Kier molecular flexibility index (Phi) is 9.55. The lowest BCUT2D eigenvalue weighted by atomic mass is 9.95. The summed E-state index contributed by atoms with van der Waals surface area (Å²) in [6.45, 7) is 17.2. The van der Waals surface area contributed by atoms with Gasteiger partial charge >= 0.3 is 0 Å². The number of fused-ring (bicyclic) bond motifs is 3. The van der Waals surface area contributed by atoms with Crippen LogP contribution in [0.2, 0.25) is 0 Å². The van der Waals surface area contributed by atoms with Crippen LogP contribution in [0, 0.1) is 16.2 Å². The molecule has 0 saturated heterocycles. The predicted octanol–water partition coefficient (Wildman–Crippen LogP) is 6.19. The zero-order valence-electron chi connectivity index (χ0n) is 27.6. The van der Waals surface area contributed by atoms with Crippen molar-refractivity contribution in [1.82, 2.24) is 4.98 Å². The van der Waals surface area contributed by atoms with Gasteiger partial charge in [0.1, 0.15) is 27.3 Å². The van der Waals surface area contributed by atoms with Crippen LogP contribution in [0.4, 0.5) is 17.1 Å². The molecule has 1 aromatic carbocycles. The Labute approximate surface area is 280 Å². The first-order valence-electron chi connectivity index (χ1n) is 14.4. The van der Waals surface area contributed by atoms with E-state index in [1.807, 2.05) is 62.3 Å². The first-order valence-corrected chi connectivity index (χ1v) is 19.6. The maximum Gasteiger partial charge on any atom is 0.295 e. The Hall–Kier alpha value is -3.67. The maximum atomic E-state index is 11.9. The number of nitrogens with one attached hydrogen (secondary N) is 3. The van der Waals surface area contributed by atoms with Crippen molar-refractivity contribution in [2.75, 3.05) is 16.0 Å². The lowest BCUT2D eigenvalue weighted by Crippen LogP contribution is -2.32. The Morgan fingerprint density at radius 1 is 0.553 bits per heavy atom. The van der Waals surface area contributed by atoms with Crippen molar-refractivity contribution in [2.45, 2.75) is 76.3 Å². The number of nitrogens with zero attached hydrogens (tertiary/aromatic N) is 4. The lowest BCUT2D eigenvalue weighted by molar-refractivity contribution is 0.577. The first kappa shape index (κ1) is 36.2. The number of aromatic nitrogens is 1. The second-order valence-electron chi connectivity index (χ2n) is 13.9. The van der Waals surface area contributed by atoms with E-state index < -0.39 is 30.1 Å². The Balaban J connectivity index is 0.000000160.